The van der Waals surface area contributed by atoms with Gasteiger partial charge in [-0.2, -0.15) is 0 Å². The highest BCUT2D eigenvalue weighted by atomic mass is 32.1. The molecule has 6 heteroatoms. The molecule has 5 nitrogen and oxygen atoms in total. The Balaban J connectivity index is 1.69. The molecular weight excluding hydrogens is 388 g/mol. The molecule has 0 spiro atoms. The van der Waals surface area contributed by atoms with Crippen LogP contribution in [0, 0.1) is 6.92 Å². The average Bonchev–Trinajstić information content (AvgIpc) is 3.22. The SMILES string of the molecule is COc1ccc(-c2c(C)c3cc(OC(=O)Cc4cccs4)ccc3oc2=O)cc1. The molecule has 0 aliphatic rings. The van der Waals surface area contributed by atoms with Gasteiger partial charge in [-0.1, -0.05) is 18.2 Å². The van der Waals surface area contributed by atoms with E-state index in [2.05, 4.69) is 0 Å². The van der Waals surface area contributed by atoms with Crippen molar-refractivity contribution in [3.63, 3.8) is 0 Å². The highest BCUT2D eigenvalue weighted by Crippen LogP contribution is 2.30. The lowest BCUT2D eigenvalue weighted by Gasteiger charge is -2.10. The first-order valence-corrected chi connectivity index (χ1v) is 9.88. The molecule has 0 saturated heterocycles. The lowest BCUT2D eigenvalue weighted by Crippen LogP contribution is -2.10. The third-order valence-corrected chi connectivity index (χ3v) is 5.52. The van der Waals surface area contributed by atoms with Gasteiger partial charge in [0.1, 0.15) is 17.1 Å². The average molecular weight is 406 g/mol. The van der Waals surface area contributed by atoms with Crippen molar-refractivity contribution in [2.24, 2.45) is 0 Å². The van der Waals surface area contributed by atoms with E-state index in [9.17, 15) is 9.59 Å². The highest BCUT2D eigenvalue weighted by molar-refractivity contribution is 7.10. The number of benzene rings is 2. The van der Waals surface area contributed by atoms with Gasteiger partial charge in [0.25, 0.3) is 0 Å². The van der Waals surface area contributed by atoms with Crippen LogP contribution in [0.2, 0.25) is 0 Å². The molecule has 4 rings (SSSR count). The van der Waals surface area contributed by atoms with E-state index in [1.807, 2.05) is 36.6 Å². The van der Waals surface area contributed by atoms with E-state index in [1.54, 1.807) is 37.4 Å². The van der Waals surface area contributed by atoms with Crippen molar-refractivity contribution in [3.05, 3.63) is 80.8 Å². The van der Waals surface area contributed by atoms with Gasteiger partial charge < -0.3 is 13.9 Å². The van der Waals surface area contributed by atoms with Gasteiger partial charge in [0.15, 0.2) is 0 Å². The predicted octanol–water partition coefficient (Wildman–Crippen LogP) is 4.99. The van der Waals surface area contributed by atoms with Gasteiger partial charge in [-0.25, -0.2) is 4.79 Å². The summed E-state index contributed by atoms with van der Waals surface area (Å²) < 4.78 is 16.2. The van der Waals surface area contributed by atoms with Crippen LogP contribution in [0.5, 0.6) is 11.5 Å². The fraction of sp³-hybridized carbons (Fsp3) is 0.130. The molecule has 0 bridgehead atoms. The van der Waals surface area contributed by atoms with Crippen LogP contribution in [0.4, 0.5) is 0 Å². The summed E-state index contributed by atoms with van der Waals surface area (Å²) in [6.45, 7) is 1.86. The number of methoxy groups -OCH3 is 1. The number of carbonyl (C=O) groups excluding carboxylic acids is 1. The van der Waals surface area contributed by atoms with Crippen LogP contribution >= 0.6 is 11.3 Å². The van der Waals surface area contributed by atoms with Gasteiger partial charge in [-0.15, -0.1) is 11.3 Å². The maximum Gasteiger partial charge on any atom is 0.344 e. The van der Waals surface area contributed by atoms with Crippen molar-refractivity contribution in [2.45, 2.75) is 13.3 Å². The van der Waals surface area contributed by atoms with Crippen LogP contribution in [0.15, 0.2) is 69.2 Å². The van der Waals surface area contributed by atoms with Crippen LogP contribution in [-0.4, -0.2) is 13.1 Å². The molecule has 29 heavy (non-hydrogen) atoms. The molecule has 0 radical (unpaired) electrons. The summed E-state index contributed by atoms with van der Waals surface area (Å²) in [6, 6.07) is 16.0. The van der Waals surface area contributed by atoms with E-state index in [-0.39, 0.29) is 12.4 Å². The monoisotopic (exact) mass is 406 g/mol. The zero-order valence-corrected chi connectivity index (χ0v) is 16.7. The molecule has 4 aromatic rings. The van der Waals surface area contributed by atoms with Crippen LogP contribution < -0.4 is 15.1 Å². The molecule has 0 amide bonds. The van der Waals surface area contributed by atoms with Gasteiger partial charge in [0, 0.05) is 10.3 Å². The van der Waals surface area contributed by atoms with Gasteiger partial charge in [-0.05, 0) is 59.8 Å². The number of thiophene rings is 1. The predicted molar refractivity (Wildman–Crippen MR) is 113 cm³/mol. The van der Waals surface area contributed by atoms with Crippen molar-refractivity contribution in [3.8, 4) is 22.6 Å². The molecule has 0 aliphatic carbocycles. The van der Waals surface area contributed by atoms with E-state index in [1.165, 1.54) is 11.3 Å². The third kappa shape index (κ3) is 3.93. The number of carbonyl (C=O) groups is 1. The number of rotatable bonds is 5. The van der Waals surface area contributed by atoms with Crippen molar-refractivity contribution < 1.29 is 18.7 Å². The Bertz CT molecular complexity index is 1220. The zero-order chi connectivity index (χ0) is 20.4. The number of aryl methyl sites for hydroxylation is 1. The first-order chi connectivity index (χ1) is 14.0. The quantitative estimate of drug-likeness (QED) is 0.265. The van der Waals surface area contributed by atoms with E-state index >= 15 is 0 Å². The molecule has 0 atom stereocenters. The molecule has 146 valence electrons. The zero-order valence-electron chi connectivity index (χ0n) is 15.9. The Hall–Kier alpha value is -3.38. The van der Waals surface area contributed by atoms with Gasteiger partial charge >= 0.3 is 11.6 Å². The van der Waals surface area contributed by atoms with E-state index in [0.29, 0.717) is 22.6 Å². The van der Waals surface area contributed by atoms with Crippen LogP contribution in [0.1, 0.15) is 10.4 Å². The van der Waals surface area contributed by atoms with Crippen LogP contribution in [0.25, 0.3) is 22.1 Å². The third-order valence-electron chi connectivity index (χ3n) is 4.65. The standard InChI is InChI=1S/C23H18O5S/c1-14-19-12-17(27-21(24)13-18-4-3-11-29-18)9-10-20(19)28-23(25)22(14)15-5-7-16(26-2)8-6-15/h3-12H,13H2,1-2H3. The molecule has 2 aromatic heterocycles. The van der Waals surface area contributed by atoms with Crippen molar-refractivity contribution in [1.82, 2.24) is 0 Å². The summed E-state index contributed by atoms with van der Waals surface area (Å²) in [6.07, 6.45) is 0.218. The lowest BCUT2D eigenvalue weighted by molar-refractivity contribution is -0.133. The first-order valence-electron chi connectivity index (χ1n) is 9.00. The van der Waals surface area contributed by atoms with Crippen molar-refractivity contribution >= 4 is 28.3 Å². The Morgan fingerprint density at radius 1 is 1.07 bits per heavy atom. The fourth-order valence-electron chi connectivity index (χ4n) is 3.21. The molecule has 0 N–H and O–H groups in total. The normalized spacial score (nSPS) is 10.8. The van der Waals surface area contributed by atoms with E-state index < -0.39 is 5.63 Å². The number of fused-ring (bicyclic) bond motifs is 1. The van der Waals surface area contributed by atoms with Crippen LogP contribution in [-0.2, 0) is 11.2 Å². The number of hydrogen-bond donors (Lipinski definition) is 0. The Morgan fingerprint density at radius 3 is 2.52 bits per heavy atom. The van der Waals surface area contributed by atoms with Crippen molar-refractivity contribution in [1.29, 1.82) is 0 Å². The van der Waals surface area contributed by atoms with Gasteiger partial charge in [-0.3, -0.25) is 4.79 Å². The Kier molecular flexibility index (Phi) is 5.18. The van der Waals surface area contributed by atoms with Crippen molar-refractivity contribution in [2.75, 3.05) is 7.11 Å². The Morgan fingerprint density at radius 2 is 1.83 bits per heavy atom. The lowest BCUT2D eigenvalue weighted by atomic mass is 9.99. The van der Waals surface area contributed by atoms with E-state index in [4.69, 9.17) is 13.9 Å². The molecule has 2 aromatic carbocycles. The van der Waals surface area contributed by atoms with Crippen LogP contribution in [0.3, 0.4) is 0 Å². The second-order valence-electron chi connectivity index (χ2n) is 6.51. The maximum absolute atomic E-state index is 12.6. The minimum Gasteiger partial charge on any atom is -0.497 e. The summed E-state index contributed by atoms with van der Waals surface area (Å²) in [5.74, 6) is 0.783. The topological polar surface area (TPSA) is 65.7 Å². The highest BCUT2D eigenvalue weighted by Gasteiger charge is 2.15. The van der Waals surface area contributed by atoms with Gasteiger partial charge in [0.2, 0.25) is 0 Å². The minimum absolute atomic E-state index is 0.218. The van der Waals surface area contributed by atoms with E-state index in [0.717, 1.165) is 21.4 Å². The first kappa shape index (κ1) is 19.0. The molecule has 0 fully saturated rings. The number of ether oxygens (including phenoxy) is 2. The second-order valence-corrected chi connectivity index (χ2v) is 7.54. The van der Waals surface area contributed by atoms with Gasteiger partial charge in [0.05, 0.1) is 19.1 Å². The molecular formula is C23H18O5S. The fourth-order valence-corrected chi connectivity index (χ4v) is 3.90. The summed E-state index contributed by atoms with van der Waals surface area (Å²) >= 11 is 1.51. The maximum atomic E-state index is 12.6. The summed E-state index contributed by atoms with van der Waals surface area (Å²) in [4.78, 5) is 25.7. The Labute approximate surface area is 171 Å². The summed E-state index contributed by atoms with van der Waals surface area (Å²) in [5, 5.41) is 2.64. The molecule has 0 aliphatic heterocycles. The molecule has 2 heterocycles. The second kappa shape index (κ2) is 7.93. The molecule has 0 saturated carbocycles. The smallest absolute Gasteiger partial charge is 0.344 e. The number of hydrogen-bond acceptors (Lipinski definition) is 6. The summed E-state index contributed by atoms with van der Waals surface area (Å²) in [5.41, 5.74) is 2.00. The minimum atomic E-state index is -0.414. The molecule has 0 unspecified atom stereocenters. The number of esters is 1. The largest absolute Gasteiger partial charge is 0.497 e. The summed E-state index contributed by atoms with van der Waals surface area (Å²) in [7, 11) is 1.59.